The molecule has 86 valence electrons. The number of rotatable bonds is 1. The molecule has 1 aliphatic carbocycles. The van der Waals surface area contributed by atoms with Crippen molar-refractivity contribution in [3.8, 4) is 0 Å². The molecule has 1 heterocycles. The summed E-state index contributed by atoms with van der Waals surface area (Å²) in [5.74, 6) is 0. The summed E-state index contributed by atoms with van der Waals surface area (Å²) in [6, 6.07) is -0.711. The zero-order valence-electron chi connectivity index (χ0n) is 7.83. The van der Waals surface area contributed by atoms with E-state index in [9.17, 15) is 20.1 Å². The van der Waals surface area contributed by atoms with Crippen molar-refractivity contribution in [2.75, 3.05) is 6.61 Å². The number of ether oxygens (including phenoxy) is 1. The van der Waals surface area contributed by atoms with Gasteiger partial charge < -0.3 is 30.5 Å². The molecule has 7 heteroatoms. The number of hydrogen-bond donors (Lipinski definition) is 5. The van der Waals surface area contributed by atoms with Crippen LogP contribution in [0.25, 0.3) is 0 Å². The number of aliphatic hydroxyl groups is 4. The zero-order chi connectivity index (χ0) is 11.2. The van der Waals surface area contributed by atoms with E-state index in [4.69, 9.17) is 9.84 Å². The van der Waals surface area contributed by atoms with E-state index in [1.807, 2.05) is 0 Å². The molecule has 15 heavy (non-hydrogen) atoms. The predicted molar refractivity (Wildman–Crippen MR) is 45.9 cm³/mol. The summed E-state index contributed by atoms with van der Waals surface area (Å²) >= 11 is 0. The van der Waals surface area contributed by atoms with Crippen molar-refractivity contribution in [3.05, 3.63) is 0 Å². The summed E-state index contributed by atoms with van der Waals surface area (Å²) in [6.45, 7) is -0.595. The van der Waals surface area contributed by atoms with E-state index in [1.165, 1.54) is 0 Å². The van der Waals surface area contributed by atoms with E-state index in [0.717, 1.165) is 0 Å². The Kier molecular flexibility index (Phi) is 2.34. The number of carbonyl (C=O) groups excluding carboxylic acids is 1. The van der Waals surface area contributed by atoms with Gasteiger partial charge in [0.05, 0.1) is 12.6 Å². The maximum Gasteiger partial charge on any atom is 0.408 e. The van der Waals surface area contributed by atoms with Crippen molar-refractivity contribution in [3.63, 3.8) is 0 Å². The van der Waals surface area contributed by atoms with Crippen LogP contribution in [0.1, 0.15) is 6.42 Å². The number of aliphatic hydroxyl groups excluding tert-OH is 4. The number of alkyl carbamates (subject to hydrolysis) is 1. The molecule has 7 nitrogen and oxygen atoms in total. The third kappa shape index (κ3) is 1.39. The molecule has 0 spiro atoms. The third-order valence-electron chi connectivity index (χ3n) is 3.06. The lowest BCUT2D eigenvalue weighted by atomic mass is 9.75. The van der Waals surface area contributed by atoms with Gasteiger partial charge in [-0.15, -0.1) is 0 Å². The highest BCUT2D eigenvalue weighted by Crippen LogP contribution is 2.35. The molecule has 2 bridgehead atoms. The Bertz CT molecular complexity index is 284. The van der Waals surface area contributed by atoms with Crippen LogP contribution in [0.2, 0.25) is 0 Å². The SMILES string of the molecule is O=C1N[C@@H]2C[C@](CO)(O1)[C@@H](O)[C@@H](O)[C@H]2O. The van der Waals surface area contributed by atoms with Gasteiger partial charge in [-0.3, -0.25) is 0 Å². The second kappa shape index (κ2) is 3.31. The molecule has 0 aromatic carbocycles. The van der Waals surface area contributed by atoms with Crippen molar-refractivity contribution < 1.29 is 30.0 Å². The zero-order valence-corrected chi connectivity index (χ0v) is 7.83. The van der Waals surface area contributed by atoms with Crippen LogP contribution in [0.3, 0.4) is 0 Å². The quantitative estimate of drug-likeness (QED) is 0.328. The number of amides is 1. The van der Waals surface area contributed by atoms with Gasteiger partial charge in [0.2, 0.25) is 0 Å². The monoisotopic (exact) mass is 219 g/mol. The molecule has 1 saturated carbocycles. The van der Waals surface area contributed by atoms with Crippen LogP contribution in [0, 0.1) is 0 Å². The maximum absolute atomic E-state index is 11.1. The first-order valence-electron chi connectivity index (χ1n) is 4.65. The molecule has 0 aromatic rings. The van der Waals surface area contributed by atoms with E-state index in [0.29, 0.717) is 0 Å². The first-order valence-corrected chi connectivity index (χ1v) is 4.65. The van der Waals surface area contributed by atoms with Crippen molar-refractivity contribution in [1.82, 2.24) is 5.32 Å². The summed E-state index contributed by atoms with van der Waals surface area (Å²) < 4.78 is 4.80. The van der Waals surface area contributed by atoms with Crippen LogP contribution >= 0.6 is 0 Å². The highest BCUT2D eigenvalue weighted by atomic mass is 16.6. The fourth-order valence-electron chi connectivity index (χ4n) is 2.14. The highest BCUT2D eigenvalue weighted by molar-refractivity contribution is 5.69. The number of carbonyl (C=O) groups is 1. The van der Waals surface area contributed by atoms with Crippen LogP contribution in [-0.4, -0.2) is 63.1 Å². The van der Waals surface area contributed by atoms with Gasteiger partial charge in [0.1, 0.15) is 18.3 Å². The van der Waals surface area contributed by atoms with E-state index >= 15 is 0 Å². The molecular formula is C8H13NO6. The molecule has 2 fully saturated rings. The highest BCUT2D eigenvalue weighted by Gasteiger charge is 2.57. The Morgan fingerprint density at radius 3 is 2.67 bits per heavy atom. The third-order valence-corrected chi connectivity index (χ3v) is 3.06. The Hall–Kier alpha value is -0.890. The van der Waals surface area contributed by atoms with Crippen LogP contribution in [0.4, 0.5) is 4.79 Å². The Balaban J connectivity index is 2.32. The fraction of sp³-hybridized carbons (Fsp3) is 0.875. The van der Waals surface area contributed by atoms with Gasteiger partial charge in [-0.1, -0.05) is 0 Å². The first kappa shape index (κ1) is 10.6. The van der Waals surface area contributed by atoms with Crippen LogP contribution < -0.4 is 5.32 Å². The number of hydrogen-bond acceptors (Lipinski definition) is 6. The van der Waals surface area contributed by atoms with Gasteiger partial charge in [0.25, 0.3) is 0 Å². The van der Waals surface area contributed by atoms with Crippen molar-refractivity contribution in [1.29, 1.82) is 0 Å². The van der Waals surface area contributed by atoms with E-state index in [-0.39, 0.29) is 6.42 Å². The minimum Gasteiger partial charge on any atom is -0.438 e. The standard InChI is InChI=1S/C8H13NO6/c10-2-8-1-3(9-7(14)15-8)4(11)5(12)6(8)13/h3-6,10-13H,1-2H2,(H,9,14)/t3-,4+,5+,6+,8-/m1/s1. The lowest BCUT2D eigenvalue weighted by molar-refractivity contribution is -0.219. The average molecular weight is 219 g/mol. The topological polar surface area (TPSA) is 119 Å². The van der Waals surface area contributed by atoms with Crippen LogP contribution in [-0.2, 0) is 4.74 Å². The van der Waals surface area contributed by atoms with E-state index < -0.39 is 42.7 Å². The minimum atomic E-state index is -1.51. The molecule has 0 radical (unpaired) electrons. The molecule has 0 aromatic heterocycles. The second-order valence-electron chi connectivity index (χ2n) is 3.99. The predicted octanol–water partition coefficient (Wildman–Crippen LogP) is -2.69. The summed E-state index contributed by atoms with van der Waals surface area (Å²) in [7, 11) is 0. The second-order valence-corrected chi connectivity index (χ2v) is 3.99. The molecule has 1 aliphatic heterocycles. The molecule has 1 saturated heterocycles. The van der Waals surface area contributed by atoms with Gasteiger partial charge >= 0.3 is 6.09 Å². The van der Waals surface area contributed by atoms with Gasteiger partial charge in [0, 0.05) is 6.42 Å². The molecule has 5 atom stereocenters. The summed E-state index contributed by atoms with van der Waals surface area (Å²) in [5.41, 5.74) is -1.51. The van der Waals surface area contributed by atoms with E-state index in [1.54, 1.807) is 0 Å². The normalized spacial score (nSPS) is 49.5. The Morgan fingerprint density at radius 2 is 2.07 bits per heavy atom. The summed E-state index contributed by atoms with van der Waals surface area (Å²) in [5, 5.41) is 40.1. The Labute approximate surface area is 85.3 Å². The molecule has 2 aliphatic rings. The lowest BCUT2D eigenvalue weighted by Gasteiger charge is -2.50. The van der Waals surface area contributed by atoms with E-state index in [2.05, 4.69) is 5.32 Å². The van der Waals surface area contributed by atoms with Gasteiger partial charge in [0.15, 0.2) is 5.60 Å². The smallest absolute Gasteiger partial charge is 0.408 e. The van der Waals surface area contributed by atoms with Crippen LogP contribution in [0.15, 0.2) is 0 Å². The van der Waals surface area contributed by atoms with Crippen LogP contribution in [0.5, 0.6) is 0 Å². The van der Waals surface area contributed by atoms with Crippen molar-refractivity contribution in [2.45, 2.75) is 36.4 Å². The van der Waals surface area contributed by atoms with Gasteiger partial charge in [-0.05, 0) is 0 Å². The molecule has 2 rings (SSSR count). The van der Waals surface area contributed by atoms with Crippen molar-refractivity contribution >= 4 is 6.09 Å². The van der Waals surface area contributed by atoms with Gasteiger partial charge in [-0.2, -0.15) is 0 Å². The fourth-order valence-corrected chi connectivity index (χ4v) is 2.14. The lowest BCUT2D eigenvalue weighted by Crippen LogP contribution is -2.72. The molecule has 5 N–H and O–H groups in total. The summed E-state index contributed by atoms with van der Waals surface area (Å²) in [6.07, 6.45) is -4.94. The first-order chi connectivity index (χ1) is 7.00. The average Bonchev–Trinajstić information content (AvgIpc) is 2.23. The molecule has 0 unspecified atom stereocenters. The maximum atomic E-state index is 11.1. The number of fused-ring (bicyclic) bond motifs is 2. The minimum absolute atomic E-state index is 0.0641. The molecule has 1 amide bonds. The Morgan fingerprint density at radius 1 is 1.40 bits per heavy atom. The molecular weight excluding hydrogens is 206 g/mol. The van der Waals surface area contributed by atoms with Crippen molar-refractivity contribution in [2.24, 2.45) is 0 Å². The van der Waals surface area contributed by atoms with Gasteiger partial charge in [-0.25, -0.2) is 4.79 Å². The summed E-state index contributed by atoms with van der Waals surface area (Å²) in [4.78, 5) is 11.1. The number of nitrogens with one attached hydrogen (secondary N) is 1. The largest absolute Gasteiger partial charge is 0.438 e.